The van der Waals surface area contributed by atoms with E-state index in [1.165, 1.54) is 11.3 Å². The molecule has 1 atom stereocenters. The molecule has 1 saturated carbocycles. The zero-order valence-electron chi connectivity index (χ0n) is 10.7. The molecule has 0 amide bonds. The minimum Gasteiger partial charge on any atom is -0.339 e. The molecule has 2 N–H and O–H groups in total. The smallest absolute Gasteiger partial charge is 0.234 e. The highest BCUT2D eigenvalue weighted by atomic mass is 35.5. The van der Waals surface area contributed by atoms with Crippen molar-refractivity contribution in [2.45, 2.75) is 44.1 Å². The normalized spacial score (nSPS) is 19.7. The predicted octanol–water partition coefficient (Wildman–Crippen LogP) is 3.66. The van der Waals surface area contributed by atoms with E-state index in [0.717, 1.165) is 34.9 Å². The van der Waals surface area contributed by atoms with Gasteiger partial charge in [0.1, 0.15) is 0 Å². The number of rotatable bonds is 3. The van der Waals surface area contributed by atoms with Gasteiger partial charge in [0.25, 0.3) is 0 Å². The molecule has 4 nitrogen and oxygen atoms in total. The van der Waals surface area contributed by atoms with Crippen molar-refractivity contribution in [1.82, 2.24) is 10.1 Å². The first kappa shape index (κ1) is 13.1. The number of hydrogen-bond acceptors (Lipinski definition) is 5. The fraction of sp³-hybridized carbons (Fsp3) is 0.538. The van der Waals surface area contributed by atoms with E-state index in [1.807, 2.05) is 19.1 Å². The molecule has 102 valence electrons. The third-order valence-electron chi connectivity index (χ3n) is 3.77. The zero-order chi connectivity index (χ0) is 13.5. The number of nitrogens with zero attached hydrogens (tertiary/aromatic N) is 2. The highest BCUT2D eigenvalue weighted by Crippen LogP contribution is 2.36. The Morgan fingerprint density at radius 1 is 1.42 bits per heavy atom. The quantitative estimate of drug-likeness (QED) is 0.939. The molecule has 1 aliphatic rings. The van der Waals surface area contributed by atoms with E-state index < -0.39 is 5.54 Å². The zero-order valence-corrected chi connectivity index (χ0v) is 12.3. The van der Waals surface area contributed by atoms with Crippen molar-refractivity contribution in [3.8, 4) is 0 Å². The second-order valence-corrected chi connectivity index (χ2v) is 6.93. The van der Waals surface area contributed by atoms with Crippen molar-refractivity contribution in [1.29, 1.82) is 0 Å². The van der Waals surface area contributed by atoms with Gasteiger partial charge in [0.2, 0.25) is 5.89 Å². The van der Waals surface area contributed by atoms with Crippen LogP contribution in [0.2, 0.25) is 4.34 Å². The maximum Gasteiger partial charge on any atom is 0.234 e. The maximum absolute atomic E-state index is 6.33. The van der Waals surface area contributed by atoms with Crippen LogP contribution in [0.5, 0.6) is 0 Å². The largest absolute Gasteiger partial charge is 0.339 e. The molecule has 0 bridgehead atoms. The number of hydrogen-bond donors (Lipinski definition) is 1. The second kappa shape index (κ2) is 4.89. The summed E-state index contributed by atoms with van der Waals surface area (Å²) >= 11 is 7.49. The van der Waals surface area contributed by atoms with Crippen LogP contribution < -0.4 is 5.73 Å². The third kappa shape index (κ3) is 2.42. The SMILES string of the molecule is CC(c1nc(C2(N)CCCC2)no1)c1ccc(Cl)s1. The summed E-state index contributed by atoms with van der Waals surface area (Å²) in [4.78, 5) is 5.63. The van der Waals surface area contributed by atoms with Gasteiger partial charge in [0, 0.05) is 4.88 Å². The summed E-state index contributed by atoms with van der Waals surface area (Å²) in [7, 11) is 0. The van der Waals surface area contributed by atoms with Crippen molar-refractivity contribution in [3.63, 3.8) is 0 Å². The number of nitrogens with two attached hydrogens (primary N) is 1. The van der Waals surface area contributed by atoms with E-state index in [4.69, 9.17) is 21.9 Å². The molecule has 19 heavy (non-hydrogen) atoms. The fourth-order valence-corrected chi connectivity index (χ4v) is 3.63. The van der Waals surface area contributed by atoms with Crippen LogP contribution in [0.25, 0.3) is 0 Å². The van der Waals surface area contributed by atoms with E-state index in [2.05, 4.69) is 10.1 Å². The molecule has 0 saturated heterocycles. The van der Waals surface area contributed by atoms with Gasteiger partial charge in [-0.3, -0.25) is 0 Å². The van der Waals surface area contributed by atoms with Crippen LogP contribution in [0.1, 0.15) is 55.1 Å². The first-order valence-corrected chi connectivity index (χ1v) is 7.66. The van der Waals surface area contributed by atoms with Gasteiger partial charge >= 0.3 is 0 Å². The number of halogens is 1. The molecule has 2 aromatic rings. The van der Waals surface area contributed by atoms with Gasteiger partial charge in [-0.25, -0.2) is 0 Å². The lowest BCUT2D eigenvalue weighted by Gasteiger charge is -2.17. The Hall–Kier alpha value is -0.910. The van der Waals surface area contributed by atoms with Crippen molar-refractivity contribution in [3.05, 3.63) is 33.1 Å². The summed E-state index contributed by atoms with van der Waals surface area (Å²) in [6.07, 6.45) is 4.14. The molecular formula is C13H16ClN3OS. The average Bonchev–Trinajstić information content (AvgIpc) is 3.08. The monoisotopic (exact) mass is 297 g/mol. The molecular weight excluding hydrogens is 282 g/mol. The summed E-state index contributed by atoms with van der Waals surface area (Å²) in [6.45, 7) is 2.04. The first-order valence-electron chi connectivity index (χ1n) is 6.47. The van der Waals surface area contributed by atoms with Crippen LogP contribution in [0.3, 0.4) is 0 Å². The van der Waals surface area contributed by atoms with Crippen LogP contribution >= 0.6 is 22.9 Å². The van der Waals surface area contributed by atoms with Gasteiger partial charge in [-0.1, -0.05) is 29.6 Å². The third-order valence-corrected chi connectivity index (χ3v) is 5.19. The summed E-state index contributed by atoms with van der Waals surface area (Å²) < 4.78 is 6.16. The molecule has 1 fully saturated rings. The van der Waals surface area contributed by atoms with E-state index >= 15 is 0 Å². The molecule has 6 heteroatoms. The van der Waals surface area contributed by atoms with Crippen LogP contribution in [0, 0.1) is 0 Å². The lowest BCUT2D eigenvalue weighted by molar-refractivity contribution is 0.344. The molecule has 0 spiro atoms. The topological polar surface area (TPSA) is 64.9 Å². The minimum absolute atomic E-state index is 0.0590. The fourth-order valence-electron chi connectivity index (χ4n) is 2.53. The minimum atomic E-state index is -0.394. The second-order valence-electron chi connectivity index (χ2n) is 5.18. The van der Waals surface area contributed by atoms with Crippen molar-refractivity contribution < 1.29 is 4.52 Å². The molecule has 0 radical (unpaired) electrons. The molecule has 2 heterocycles. The van der Waals surface area contributed by atoms with Gasteiger partial charge in [0.15, 0.2) is 5.82 Å². The Bertz CT molecular complexity index is 574. The van der Waals surface area contributed by atoms with Gasteiger partial charge in [0.05, 0.1) is 15.8 Å². The van der Waals surface area contributed by atoms with Crippen LogP contribution in [0.4, 0.5) is 0 Å². The summed E-state index contributed by atoms with van der Waals surface area (Å²) in [5, 5.41) is 4.08. The maximum atomic E-state index is 6.33. The van der Waals surface area contributed by atoms with Gasteiger partial charge < -0.3 is 10.3 Å². The van der Waals surface area contributed by atoms with Crippen LogP contribution in [0.15, 0.2) is 16.7 Å². The highest BCUT2D eigenvalue weighted by molar-refractivity contribution is 7.16. The number of aromatic nitrogens is 2. The van der Waals surface area contributed by atoms with Crippen molar-refractivity contribution in [2.24, 2.45) is 5.73 Å². The summed E-state index contributed by atoms with van der Waals surface area (Å²) in [5.74, 6) is 1.32. The average molecular weight is 298 g/mol. The Morgan fingerprint density at radius 3 is 2.79 bits per heavy atom. The Kier molecular flexibility index (Phi) is 3.37. The van der Waals surface area contributed by atoms with Crippen molar-refractivity contribution in [2.75, 3.05) is 0 Å². The Balaban J connectivity index is 1.85. The van der Waals surface area contributed by atoms with Gasteiger partial charge in [-0.15, -0.1) is 11.3 Å². The molecule has 0 aliphatic heterocycles. The molecule has 0 aromatic carbocycles. The van der Waals surface area contributed by atoms with E-state index in [-0.39, 0.29) is 5.92 Å². The van der Waals surface area contributed by atoms with E-state index in [1.54, 1.807) is 0 Å². The number of thiophene rings is 1. The molecule has 3 rings (SSSR count). The summed E-state index contributed by atoms with van der Waals surface area (Å²) in [5.41, 5.74) is 5.94. The molecule has 1 aliphatic carbocycles. The molecule has 1 unspecified atom stereocenters. The highest BCUT2D eigenvalue weighted by Gasteiger charge is 2.36. The Morgan fingerprint density at radius 2 is 2.16 bits per heavy atom. The van der Waals surface area contributed by atoms with Crippen LogP contribution in [-0.2, 0) is 5.54 Å². The first-order chi connectivity index (χ1) is 9.08. The predicted molar refractivity (Wildman–Crippen MR) is 75.5 cm³/mol. The van der Waals surface area contributed by atoms with Crippen molar-refractivity contribution >= 4 is 22.9 Å². The Labute approximate surface area is 121 Å². The standard InChI is InChI=1S/C13H16ClN3OS/c1-8(9-4-5-10(14)19-9)11-16-12(17-18-11)13(15)6-2-3-7-13/h4-5,8H,2-3,6-7,15H2,1H3. The summed E-state index contributed by atoms with van der Waals surface area (Å²) in [6, 6.07) is 3.88. The van der Waals surface area contributed by atoms with Gasteiger partial charge in [-0.05, 0) is 31.9 Å². The lowest BCUT2D eigenvalue weighted by Crippen LogP contribution is -2.34. The van der Waals surface area contributed by atoms with Gasteiger partial charge in [-0.2, -0.15) is 4.98 Å². The van der Waals surface area contributed by atoms with E-state index in [0.29, 0.717) is 11.7 Å². The molecule has 2 aromatic heterocycles. The van der Waals surface area contributed by atoms with Crippen LogP contribution in [-0.4, -0.2) is 10.1 Å². The van der Waals surface area contributed by atoms with E-state index in [9.17, 15) is 0 Å². The lowest BCUT2D eigenvalue weighted by atomic mass is 9.98.